The number of nitrogens with zero attached hydrogens (tertiary/aromatic N) is 4. The molecule has 0 spiro atoms. The number of carbonyl (C=O) groups is 2. The predicted octanol–water partition coefficient (Wildman–Crippen LogP) is 3.11. The second-order valence-electron chi connectivity index (χ2n) is 13.2. The van der Waals surface area contributed by atoms with E-state index in [1.165, 1.54) is 5.56 Å². The highest BCUT2D eigenvalue weighted by molar-refractivity contribution is 5.95. The Balaban J connectivity index is 1.42. The number of hydrogen-bond donors (Lipinski definition) is 1. The summed E-state index contributed by atoms with van der Waals surface area (Å²) < 4.78 is 5.64. The average molecular weight is 539 g/mol. The third-order valence-electron chi connectivity index (χ3n) is 10.3. The Morgan fingerprint density at radius 2 is 1.79 bits per heavy atom. The third kappa shape index (κ3) is 4.97. The minimum absolute atomic E-state index is 0.0659. The maximum atomic E-state index is 14.3. The Kier molecular flexibility index (Phi) is 7.17. The van der Waals surface area contributed by atoms with Gasteiger partial charge in [0.1, 0.15) is 5.75 Å². The fourth-order valence-electron chi connectivity index (χ4n) is 7.63. The van der Waals surface area contributed by atoms with Crippen molar-refractivity contribution in [1.29, 1.82) is 0 Å². The summed E-state index contributed by atoms with van der Waals surface area (Å²) in [4.78, 5) is 36.4. The Labute approximate surface area is 233 Å². The van der Waals surface area contributed by atoms with E-state index >= 15 is 0 Å². The molecule has 3 amide bonds. The predicted molar refractivity (Wildman–Crippen MR) is 150 cm³/mol. The number of imide groups is 1. The van der Waals surface area contributed by atoms with E-state index in [-0.39, 0.29) is 24.4 Å². The van der Waals surface area contributed by atoms with Crippen LogP contribution in [0.1, 0.15) is 62.5 Å². The molecule has 2 bridgehead atoms. The second-order valence-corrected chi connectivity index (χ2v) is 13.2. The summed E-state index contributed by atoms with van der Waals surface area (Å²) in [6.07, 6.45) is 7.42. The molecule has 2 saturated carbocycles. The molecule has 1 N–H and O–H groups in total. The lowest BCUT2D eigenvalue weighted by atomic mass is 9.52. The van der Waals surface area contributed by atoms with Crippen LogP contribution in [0.5, 0.6) is 5.75 Å². The molecular weight excluding hydrogens is 492 g/mol. The SMILES string of the molecule is COc1ccc2c(c1)[C@]13CCN(CCN(C)C)[C@H](C2)[C@]1(O)CCCN(CC1CC1)C(=O)N(CC1CC1)C(=O)C3. The number of likely N-dealkylation sites (tertiary alicyclic amines) is 1. The molecule has 2 heterocycles. The largest absolute Gasteiger partial charge is 0.497 e. The Bertz CT molecular complexity index is 1100. The molecule has 6 rings (SSSR count). The van der Waals surface area contributed by atoms with Crippen molar-refractivity contribution in [3.05, 3.63) is 29.3 Å². The van der Waals surface area contributed by atoms with E-state index in [1.54, 1.807) is 12.0 Å². The zero-order valence-corrected chi connectivity index (χ0v) is 24.0. The molecule has 214 valence electrons. The number of ether oxygens (including phenoxy) is 1. The highest BCUT2D eigenvalue weighted by Crippen LogP contribution is 2.56. The van der Waals surface area contributed by atoms with E-state index in [0.717, 1.165) is 76.0 Å². The van der Waals surface area contributed by atoms with Crippen LogP contribution in [-0.4, -0.2) is 109 Å². The standard InChI is InChI=1S/C31H46N4O4/c1-32(2)15-16-33-14-12-30-19-28(36)35(21-23-7-8-23)29(37)34(20-22-5-6-22)13-4-11-31(30,38)27(33)17-24-9-10-25(39-3)18-26(24)30/h9-10,18,22-23,27,38H,4-8,11-17,19-21H2,1-3H3/t27-,30-,31-/m1/s1. The maximum Gasteiger partial charge on any atom is 0.326 e. The minimum Gasteiger partial charge on any atom is -0.497 e. The summed E-state index contributed by atoms with van der Waals surface area (Å²) >= 11 is 0. The van der Waals surface area contributed by atoms with Crippen LogP contribution >= 0.6 is 0 Å². The van der Waals surface area contributed by atoms with Crippen LogP contribution in [0.25, 0.3) is 0 Å². The van der Waals surface area contributed by atoms with Gasteiger partial charge in [0.15, 0.2) is 0 Å². The summed E-state index contributed by atoms with van der Waals surface area (Å²) in [5.74, 6) is 1.60. The van der Waals surface area contributed by atoms with Gasteiger partial charge in [-0.15, -0.1) is 0 Å². The summed E-state index contributed by atoms with van der Waals surface area (Å²) in [7, 11) is 5.85. The van der Waals surface area contributed by atoms with Crippen LogP contribution in [-0.2, 0) is 16.6 Å². The van der Waals surface area contributed by atoms with Gasteiger partial charge in [0.25, 0.3) is 0 Å². The average Bonchev–Trinajstić information content (AvgIpc) is 3.83. The van der Waals surface area contributed by atoms with Crippen molar-refractivity contribution in [3.63, 3.8) is 0 Å². The number of fused-ring (bicyclic) bond motifs is 1. The second kappa shape index (κ2) is 10.3. The minimum atomic E-state index is -1.07. The van der Waals surface area contributed by atoms with Crippen molar-refractivity contribution < 1.29 is 19.4 Å². The van der Waals surface area contributed by atoms with E-state index in [1.807, 2.05) is 11.0 Å². The number of piperidine rings is 1. The molecule has 0 radical (unpaired) electrons. The first-order valence-electron chi connectivity index (χ1n) is 15.1. The molecule has 8 nitrogen and oxygen atoms in total. The van der Waals surface area contributed by atoms with E-state index in [0.29, 0.717) is 37.8 Å². The highest BCUT2D eigenvalue weighted by atomic mass is 16.5. The molecule has 1 aromatic carbocycles. The van der Waals surface area contributed by atoms with Crippen LogP contribution in [0.3, 0.4) is 0 Å². The normalized spacial score (nSPS) is 31.8. The van der Waals surface area contributed by atoms with Gasteiger partial charge in [-0.25, -0.2) is 4.79 Å². The highest BCUT2D eigenvalue weighted by Gasteiger charge is 2.63. The number of carbonyl (C=O) groups excluding carboxylic acids is 2. The number of benzene rings is 1. The molecule has 8 heteroatoms. The van der Waals surface area contributed by atoms with Crippen molar-refractivity contribution >= 4 is 11.9 Å². The summed E-state index contributed by atoms with van der Waals surface area (Å²) in [5.41, 5.74) is 0.436. The van der Waals surface area contributed by atoms with Crippen LogP contribution < -0.4 is 4.74 Å². The van der Waals surface area contributed by atoms with Crippen LogP contribution in [0, 0.1) is 11.8 Å². The monoisotopic (exact) mass is 538 g/mol. The van der Waals surface area contributed by atoms with Gasteiger partial charge in [-0.1, -0.05) is 6.07 Å². The van der Waals surface area contributed by atoms with Crippen molar-refractivity contribution in [1.82, 2.24) is 19.6 Å². The number of methoxy groups -OCH3 is 1. The lowest BCUT2D eigenvalue weighted by molar-refractivity contribution is -0.165. The summed E-state index contributed by atoms with van der Waals surface area (Å²) in [5, 5.41) is 13.0. The summed E-state index contributed by atoms with van der Waals surface area (Å²) in [6.45, 7) is 4.47. The molecule has 5 aliphatic rings. The van der Waals surface area contributed by atoms with Gasteiger partial charge in [0, 0.05) is 50.6 Å². The third-order valence-corrected chi connectivity index (χ3v) is 10.3. The molecule has 1 aromatic rings. The van der Waals surface area contributed by atoms with E-state index < -0.39 is 11.0 Å². The summed E-state index contributed by atoms with van der Waals surface area (Å²) in [6, 6.07) is 6.02. The van der Waals surface area contributed by atoms with Crippen molar-refractivity contribution in [2.75, 3.05) is 60.5 Å². The van der Waals surface area contributed by atoms with E-state index in [9.17, 15) is 14.7 Å². The first kappa shape index (κ1) is 27.0. The number of urea groups is 1. The molecule has 39 heavy (non-hydrogen) atoms. The van der Waals surface area contributed by atoms with E-state index in [2.05, 4.69) is 36.0 Å². The zero-order valence-electron chi connectivity index (χ0n) is 24.0. The topological polar surface area (TPSA) is 76.6 Å². The Hall–Kier alpha value is -2.16. The van der Waals surface area contributed by atoms with Crippen molar-refractivity contribution in [2.45, 2.75) is 74.8 Å². The van der Waals surface area contributed by atoms with Gasteiger partial charge in [0.05, 0.1) is 12.7 Å². The fourth-order valence-corrected chi connectivity index (χ4v) is 7.63. The molecule has 4 fully saturated rings. The Morgan fingerprint density at radius 3 is 2.49 bits per heavy atom. The quantitative estimate of drug-likeness (QED) is 0.548. The lowest BCUT2D eigenvalue weighted by Gasteiger charge is -2.62. The first-order valence-corrected chi connectivity index (χ1v) is 15.1. The zero-order chi connectivity index (χ0) is 27.4. The molecule has 0 aromatic heterocycles. The molecule has 2 aliphatic heterocycles. The van der Waals surface area contributed by atoms with E-state index in [4.69, 9.17) is 4.74 Å². The van der Waals surface area contributed by atoms with Gasteiger partial charge in [-0.2, -0.15) is 0 Å². The van der Waals surface area contributed by atoms with Gasteiger partial charge < -0.3 is 19.6 Å². The lowest BCUT2D eigenvalue weighted by Crippen LogP contribution is -2.73. The van der Waals surface area contributed by atoms with Crippen LogP contribution in [0.15, 0.2) is 18.2 Å². The molecule has 3 atom stereocenters. The molecule has 3 aliphatic carbocycles. The smallest absolute Gasteiger partial charge is 0.326 e. The van der Waals surface area contributed by atoms with Gasteiger partial charge >= 0.3 is 6.03 Å². The molecule has 2 saturated heterocycles. The molecular formula is C31H46N4O4. The van der Waals surface area contributed by atoms with Gasteiger partial charge in [0.2, 0.25) is 5.91 Å². The van der Waals surface area contributed by atoms with Crippen LogP contribution in [0.4, 0.5) is 4.79 Å². The number of hydrogen-bond acceptors (Lipinski definition) is 6. The maximum absolute atomic E-state index is 14.3. The van der Waals surface area contributed by atoms with Crippen molar-refractivity contribution in [3.8, 4) is 5.75 Å². The number of likely N-dealkylation sites (N-methyl/N-ethyl adjacent to an activating group) is 1. The Morgan fingerprint density at radius 1 is 1.05 bits per heavy atom. The number of rotatable bonds is 8. The first-order chi connectivity index (χ1) is 18.7. The fraction of sp³-hybridized carbons (Fsp3) is 0.742. The number of amides is 3. The van der Waals surface area contributed by atoms with Gasteiger partial charge in [-0.05, 0) is 107 Å². The van der Waals surface area contributed by atoms with Gasteiger partial charge in [-0.3, -0.25) is 14.6 Å². The molecule has 0 unspecified atom stereocenters. The van der Waals surface area contributed by atoms with Crippen molar-refractivity contribution in [2.24, 2.45) is 11.8 Å². The van der Waals surface area contributed by atoms with Crippen LogP contribution in [0.2, 0.25) is 0 Å². The number of aliphatic hydroxyl groups is 1.